The predicted molar refractivity (Wildman–Crippen MR) is 75.1 cm³/mol. The lowest BCUT2D eigenvalue weighted by Gasteiger charge is -2.26. The fourth-order valence-corrected chi connectivity index (χ4v) is 2.07. The lowest BCUT2D eigenvalue weighted by Crippen LogP contribution is -2.33. The van der Waals surface area contributed by atoms with Crippen molar-refractivity contribution >= 4 is 0 Å². The van der Waals surface area contributed by atoms with E-state index in [4.69, 9.17) is 5.73 Å². The van der Waals surface area contributed by atoms with E-state index < -0.39 is 0 Å². The van der Waals surface area contributed by atoms with E-state index in [1.165, 1.54) is 11.1 Å². The van der Waals surface area contributed by atoms with Gasteiger partial charge in [-0.05, 0) is 39.3 Å². The first-order chi connectivity index (χ1) is 8.04. The molecule has 0 aliphatic rings. The molecule has 2 nitrogen and oxygen atoms in total. The van der Waals surface area contributed by atoms with Gasteiger partial charge >= 0.3 is 0 Å². The van der Waals surface area contributed by atoms with Crippen LogP contribution in [-0.2, 0) is 0 Å². The van der Waals surface area contributed by atoms with Crippen molar-refractivity contribution in [2.24, 2.45) is 5.73 Å². The van der Waals surface area contributed by atoms with Crippen LogP contribution in [0.25, 0.3) is 0 Å². The smallest absolute Gasteiger partial charge is 0.0307 e. The van der Waals surface area contributed by atoms with Crippen LogP contribution in [0.3, 0.4) is 0 Å². The van der Waals surface area contributed by atoms with E-state index in [9.17, 15) is 0 Å². The molecule has 0 bridgehead atoms. The number of benzene rings is 1. The van der Waals surface area contributed by atoms with Crippen LogP contribution in [0.2, 0.25) is 0 Å². The minimum Gasteiger partial charge on any atom is -0.324 e. The van der Waals surface area contributed by atoms with Crippen LogP contribution < -0.4 is 5.73 Å². The SMILES string of the molecule is CCN(CCC(N)c1ccc(C)cc1)C(C)C. The Bertz CT molecular complexity index is 316. The molecule has 0 fully saturated rings. The first-order valence-electron chi connectivity index (χ1n) is 6.60. The van der Waals surface area contributed by atoms with Gasteiger partial charge in [-0.1, -0.05) is 36.8 Å². The Kier molecular flexibility index (Phi) is 5.66. The van der Waals surface area contributed by atoms with Crippen molar-refractivity contribution in [3.05, 3.63) is 35.4 Å². The Morgan fingerprint density at radius 3 is 2.24 bits per heavy atom. The highest BCUT2D eigenvalue weighted by Crippen LogP contribution is 2.15. The summed E-state index contributed by atoms with van der Waals surface area (Å²) in [5.41, 5.74) is 8.76. The summed E-state index contributed by atoms with van der Waals surface area (Å²) in [7, 11) is 0. The molecule has 0 saturated heterocycles. The molecule has 0 aromatic heterocycles. The summed E-state index contributed by atoms with van der Waals surface area (Å²) in [5.74, 6) is 0. The van der Waals surface area contributed by atoms with Gasteiger partial charge in [0.2, 0.25) is 0 Å². The normalized spacial score (nSPS) is 13.4. The molecule has 0 aliphatic carbocycles. The summed E-state index contributed by atoms with van der Waals surface area (Å²) in [6.45, 7) is 11.0. The van der Waals surface area contributed by atoms with Crippen LogP contribution in [0.5, 0.6) is 0 Å². The molecule has 1 aromatic rings. The molecule has 0 amide bonds. The van der Waals surface area contributed by atoms with Crippen LogP contribution in [0, 0.1) is 6.92 Å². The van der Waals surface area contributed by atoms with E-state index in [1.54, 1.807) is 0 Å². The fourth-order valence-electron chi connectivity index (χ4n) is 2.07. The second kappa shape index (κ2) is 6.77. The van der Waals surface area contributed by atoms with Gasteiger partial charge in [-0.25, -0.2) is 0 Å². The summed E-state index contributed by atoms with van der Waals surface area (Å²) >= 11 is 0. The average Bonchev–Trinajstić information content (AvgIpc) is 2.30. The largest absolute Gasteiger partial charge is 0.324 e. The fraction of sp³-hybridized carbons (Fsp3) is 0.600. The van der Waals surface area contributed by atoms with Gasteiger partial charge in [0.05, 0.1) is 0 Å². The minimum absolute atomic E-state index is 0.156. The van der Waals surface area contributed by atoms with E-state index in [-0.39, 0.29) is 6.04 Å². The Labute approximate surface area is 106 Å². The molecular formula is C15H26N2. The summed E-state index contributed by atoms with van der Waals surface area (Å²) in [6, 6.07) is 9.32. The van der Waals surface area contributed by atoms with E-state index in [1.807, 2.05) is 0 Å². The van der Waals surface area contributed by atoms with Gasteiger partial charge < -0.3 is 10.6 Å². The predicted octanol–water partition coefficient (Wildman–Crippen LogP) is 3.12. The van der Waals surface area contributed by atoms with Crippen molar-refractivity contribution in [2.75, 3.05) is 13.1 Å². The topological polar surface area (TPSA) is 29.3 Å². The van der Waals surface area contributed by atoms with Crippen LogP contribution in [-0.4, -0.2) is 24.0 Å². The third kappa shape index (κ3) is 4.49. The summed E-state index contributed by atoms with van der Waals surface area (Å²) in [5, 5.41) is 0. The summed E-state index contributed by atoms with van der Waals surface area (Å²) in [6.07, 6.45) is 1.02. The quantitative estimate of drug-likeness (QED) is 0.819. The third-order valence-electron chi connectivity index (χ3n) is 3.37. The molecule has 0 aliphatic heterocycles. The summed E-state index contributed by atoms with van der Waals surface area (Å²) in [4.78, 5) is 2.45. The van der Waals surface area contributed by atoms with E-state index in [2.05, 4.69) is 56.9 Å². The zero-order valence-electron chi connectivity index (χ0n) is 11.6. The Hall–Kier alpha value is -0.860. The van der Waals surface area contributed by atoms with Gasteiger partial charge in [0.1, 0.15) is 0 Å². The maximum absolute atomic E-state index is 6.22. The highest BCUT2D eigenvalue weighted by molar-refractivity contribution is 5.23. The van der Waals surface area contributed by atoms with Gasteiger partial charge in [-0.15, -0.1) is 0 Å². The minimum atomic E-state index is 0.156. The Balaban J connectivity index is 2.49. The molecular weight excluding hydrogens is 208 g/mol. The number of hydrogen-bond acceptors (Lipinski definition) is 2. The highest BCUT2D eigenvalue weighted by Gasteiger charge is 2.10. The zero-order valence-corrected chi connectivity index (χ0v) is 11.6. The molecule has 1 unspecified atom stereocenters. The molecule has 17 heavy (non-hydrogen) atoms. The van der Waals surface area contributed by atoms with Crippen molar-refractivity contribution in [3.8, 4) is 0 Å². The van der Waals surface area contributed by atoms with Crippen LogP contribution in [0.4, 0.5) is 0 Å². The number of rotatable bonds is 6. The van der Waals surface area contributed by atoms with Crippen LogP contribution in [0.15, 0.2) is 24.3 Å². The van der Waals surface area contributed by atoms with E-state index in [0.717, 1.165) is 19.5 Å². The Morgan fingerprint density at radius 1 is 1.18 bits per heavy atom. The van der Waals surface area contributed by atoms with Gasteiger partial charge in [0.25, 0.3) is 0 Å². The number of aryl methyl sites for hydroxylation is 1. The first-order valence-corrected chi connectivity index (χ1v) is 6.60. The van der Waals surface area contributed by atoms with Gasteiger partial charge in [-0.2, -0.15) is 0 Å². The molecule has 2 N–H and O–H groups in total. The lowest BCUT2D eigenvalue weighted by molar-refractivity contribution is 0.225. The van der Waals surface area contributed by atoms with Crippen LogP contribution >= 0.6 is 0 Å². The zero-order chi connectivity index (χ0) is 12.8. The van der Waals surface area contributed by atoms with Crippen molar-refractivity contribution in [3.63, 3.8) is 0 Å². The molecule has 1 atom stereocenters. The molecule has 1 rings (SSSR count). The average molecular weight is 234 g/mol. The standard InChI is InChI=1S/C15H26N2/c1-5-17(12(2)3)11-10-15(16)14-8-6-13(4)7-9-14/h6-9,12,15H,5,10-11,16H2,1-4H3. The first kappa shape index (κ1) is 14.2. The van der Waals surface area contributed by atoms with Crippen molar-refractivity contribution in [2.45, 2.75) is 46.2 Å². The number of nitrogens with zero attached hydrogens (tertiary/aromatic N) is 1. The molecule has 0 radical (unpaired) electrons. The molecule has 96 valence electrons. The highest BCUT2D eigenvalue weighted by atomic mass is 15.1. The maximum Gasteiger partial charge on any atom is 0.0307 e. The molecule has 2 heteroatoms. The van der Waals surface area contributed by atoms with Crippen molar-refractivity contribution in [1.82, 2.24) is 4.90 Å². The van der Waals surface area contributed by atoms with Crippen molar-refractivity contribution in [1.29, 1.82) is 0 Å². The molecule has 1 aromatic carbocycles. The number of nitrogens with two attached hydrogens (primary N) is 1. The third-order valence-corrected chi connectivity index (χ3v) is 3.37. The van der Waals surface area contributed by atoms with Crippen LogP contribution in [0.1, 0.15) is 44.4 Å². The second-order valence-electron chi connectivity index (χ2n) is 5.03. The molecule has 0 spiro atoms. The lowest BCUT2D eigenvalue weighted by atomic mass is 10.0. The van der Waals surface area contributed by atoms with Gasteiger partial charge in [0.15, 0.2) is 0 Å². The summed E-state index contributed by atoms with van der Waals surface area (Å²) < 4.78 is 0. The van der Waals surface area contributed by atoms with Crippen molar-refractivity contribution < 1.29 is 0 Å². The molecule has 0 saturated carbocycles. The van der Waals surface area contributed by atoms with E-state index in [0.29, 0.717) is 6.04 Å². The Morgan fingerprint density at radius 2 is 1.76 bits per heavy atom. The van der Waals surface area contributed by atoms with Gasteiger partial charge in [0, 0.05) is 18.6 Å². The van der Waals surface area contributed by atoms with E-state index >= 15 is 0 Å². The number of hydrogen-bond donors (Lipinski definition) is 1. The van der Waals surface area contributed by atoms with Gasteiger partial charge in [-0.3, -0.25) is 0 Å². The maximum atomic E-state index is 6.22. The monoisotopic (exact) mass is 234 g/mol. The molecule has 0 heterocycles. The second-order valence-corrected chi connectivity index (χ2v) is 5.03.